The van der Waals surface area contributed by atoms with Gasteiger partial charge in [-0.05, 0) is 80.0 Å². The number of likely N-dealkylation sites (tertiary alicyclic amines) is 1. The Bertz CT molecular complexity index is 1280. The van der Waals surface area contributed by atoms with Gasteiger partial charge in [0, 0.05) is 23.1 Å². The van der Waals surface area contributed by atoms with Crippen molar-refractivity contribution in [3.63, 3.8) is 0 Å². The van der Waals surface area contributed by atoms with Crippen LogP contribution in [0.5, 0.6) is 5.75 Å². The molecule has 3 aromatic carbocycles. The molecule has 2 N–H and O–H groups in total. The molecule has 6 nitrogen and oxygen atoms in total. The van der Waals surface area contributed by atoms with Crippen molar-refractivity contribution in [3.8, 4) is 17.0 Å². The molecule has 0 saturated carbocycles. The lowest BCUT2D eigenvalue weighted by atomic mass is 10.0. The highest BCUT2D eigenvalue weighted by Gasteiger charge is 2.13. The predicted octanol–water partition coefficient (Wildman–Crippen LogP) is 6.03. The number of ether oxygens (including phenoxy) is 2. The first kappa shape index (κ1) is 24.0. The van der Waals surface area contributed by atoms with Crippen LogP contribution in [0.3, 0.4) is 0 Å². The molecule has 0 bridgehead atoms. The Morgan fingerprint density at radius 2 is 1.79 bits per heavy atom. The molecule has 4 aromatic rings. The Morgan fingerprint density at radius 1 is 1.00 bits per heavy atom. The van der Waals surface area contributed by atoms with Crippen LogP contribution in [0.2, 0.25) is 0 Å². The van der Waals surface area contributed by atoms with E-state index in [0.29, 0.717) is 6.61 Å². The second-order valence-electron chi connectivity index (χ2n) is 8.57. The molecule has 1 aliphatic heterocycles. The van der Waals surface area contributed by atoms with Crippen molar-refractivity contribution in [1.29, 1.82) is 5.41 Å². The number of fused-ring (bicyclic) bond motifs is 2. The highest BCUT2D eigenvalue weighted by atomic mass is 35.5. The van der Waals surface area contributed by atoms with Crippen LogP contribution in [0.1, 0.15) is 31.7 Å². The van der Waals surface area contributed by atoms with Gasteiger partial charge in [0.15, 0.2) is 0 Å². The number of rotatable bonds is 7. The number of nitrogens with one attached hydrogen (secondary N) is 2. The standard InChI is InChI=1S/C27H30N4O2.ClH/c1-2-32-27(28)22-9-11-25-24(18-22)26(30-29-25)21-7-6-20-17-23(10-8-19(20)16-21)33-15-14-31-12-4-3-5-13-31;/h6-11,16-18,28H,2-5,12-15H2,1H3,(H,29,30);1H. The fourth-order valence-electron chi connectivity index (χ4n) is 4.54. The number of hydrogen-bond acceptors (Lipinski definition) is 5. The number of aromatic nitrogens is 2. The number of aromatic amines is 1. The van der Waals surface area contributed by atoms with E-state index >= 15 is 0 Å². The molecule has 0 amide bonds. The van der Waals surface area contributed by atoms with E-state index in [-0.39, 0.29) is 18.3 Å². The van der Waals surface area contributed by atoms with Crippen LogP contribution in [-0.2, 0) is 4.74 Å². The Labute approximate surface area is 206 Å². The van der Waals surface area contributed by atoms with Crippen LogP contribution in [0.15, 0.2) is 54.6 Å². The maximum absolute atomic E-state index is 8.10. The Hall–Kier alpha value is -3.09. The van der Waals surface area contributed by atoms with Gasteiger partial charge in [-0.2, -0.15) is 5.10 Å². The van der Waals surface area contributed by atoms with E-state index in [1.165, 1.54) is 32.4 Å². The minimum atomic E-state index is 0. The summed E-state index contributed by atoms with van der Waals surface area (Å²) in [7, 11) is 0. The molecule has 178 valence electrons. The molecule has 1 fully saturated rings. The summed E-state index contributed by atoms with van der Waals surface area (Å²) in [4.78, 5) is 2.49. The molecular weight excluding hydrogens is 448 g/mol. The van der Waals surface area contributed by atoms with Crippen molar-refractivity contribution in [1.82, 2.24) is 15.1 Å². The molecule has 34 heavy (non-hydrogen) atoms. The zero-order valence-corrected chi connectivity index (χ0v) is 20.3. The molecule has 2 heterocycles. The number of hydrogen-bond donors (Lipinski definition) is 2. The summed E-state index contributed by atoms with van der Waals surface area (Å²) in [5.41, 5.74) is 3.60. The zero-order chi connectivity index (χ0) is 22.6. The lowest BCUT2D eigenvalue weighted by Gasteiger charge is -2.26. The van der Waals surface area contributed by atoms with Crippen molar-refractivity contribution in [2.75, 3.05) is 32.8 Å². The number of nitrogens with zero attached hydrogens (tertiary/aromatic N) is 2. The first-order chi connectivity index (χ1) is 16.2. The van der Waals surface area contributed by atoms with Crippen LogP contribution in [0, 0.1) is 5.41 Å². The summed E-state index contributed by atoms with van der Waals surface area (Å²) in [6, 6.07) is 18.4. The van der Waals surface area contributed by atoms with Gasteiger partial charge in [0.2, 0.25) is 5.90 Å². The van der Waals surface area contributed by atoms with Gasteiger partial charge in [0.05, 0.1) is 17.8 Å². The highest BCUT2D eigenvalue weighted by molar-refractivity contribution is 6.01. The first-order valence-electron chi connectivity index (χ1n) is 11.8. The van der Waals surface area contributed by atoms with Gasteiger partial charge in [-0.3, -0.25) is 15.4 Å². The Kier molecular flexibility index (Phi) is 7.70. The van der Waals surface area contributed by atoms with Crippen molar-refractivity contribution in [3.05, 3.63) is 60.2 Å². The summed E-state index contributed by atoms with van der Waals surface area (Å²) in [5, 5.41) is 19.0. The second-order valence-corrected chi connectivity index (χ2v) is 8.57. The topological polar surface area (TPSA) is 74.2 Å². The summed E-state index contributed by atoms with van der Waals surface area (Å²) < 4.78 is 11.4. The summed E-state index contributed by atoms with van der Waals surface area (Å²) >= 11 is 0. The first-order valence-corrected chi connectivity index (χ1v) is 11.8. The fraction of sp³-hybridized carbons (Fsp3) is 0.333. The van der Waals surface area contributed by atoms with Crippen molar-refractivity contribution < 1.29 is 9.47 Å². The van der Waals surface area contributed by atoms with E-state index in [9.17, 15) is 0 Å². The van der Waals surface area contributed by atoms with Crippen LogP contribution in [0.25, 0.3) is 32.9 Å². The van der Waals surface area contributed by atoms with Crippen molar-refractivity contribution in [2.24, 2.45) is 0 Å². The zero-order valence-electron chi connectivity index (χ0n) is 19.5. The van der Waals surface area contributed by atoms with E-state index in [1.807, 2.05) is 31.2 Å². The third-order valence-corrected chi connectivity index (χ3v) is 6.32. The normalized spacial score (nSPS) is 14.1. The fourth-order valence-corrected chi connectivity index (χ4v) is 4.54. The Morgan fingerprint density at radius 3 is 2.62 bits per heavy atom. The van der Waals surface area contributed by atoms with Crippen molar-refractivity contribution in [2.45, 2.75) is 26.2 Å². The second kappa shape index (κ2) is 10.9. The van der Waals surface area contributed by atoms with Gasteiger partial charge in [0.1, 0.15) is 12.4 Å². The third kappa shape index (κ3) is 5.18. The summed E-state index contributed by atoms with van der Waals surface area (Å²) in [6.07, 6.45) is 3.97. The van der Waals surface area contributed by atoms with Gasteiger partial charge in [-0.15, -0.1) is 12.4 Å². The molecule has 0 radical (unpaired) electrons. The average Bonchev–Trinajstić information content (AvgIpc) is 3.28. The number of H-pyrrole nitrogens is 1. The molecule has 1 aliphatic rings. The maximum Gasteiger partial charge on any atom is 0.213 e. The lowest BCUT2D eigenvalue weighted by Crippen LogP contribution is -2.33. The average molecular weight is 479 g/mol. The van der Waals surface area contributed by atoms with E-state index in [1.54, 1.807) is 0 Å². The van der Waals surface area contributed by atoms with E-state index in [4.69, 9.17) is 14.9 Å². The number of benzene rings is 3. The van der Waals surface area contributed by atoms with Crippen LogP contribution >= 0.6 is 12.4 Å². The largest absolute Gasteiger partial charge is 0.492 e. The van der Waals surface area contributed by atoms with E-state index in [0.717, 1.165) is 57.4 Å². The van der Waals surface area contributed by atoms with Crippen LogP contribution in [-0.4, -0.2) is 53.8 Å². The maximum atomic E-state index is 8.10. The molecule has 7 heteroatoms. The van der Waals surface area contributed by atoms with Gasteiger partial charge in [-0.1, -0.05) is 24.6 Å². The quantitative estimate of drug-likeness (QED) is 0.251. The summed E-state index contributed by atoms with van der Waals surface area (Å²) in [6.45, 7) is 6.47. The minimum Gasteiger partial charge on any atom is -0.492 e. The highest BCUT2D eigenvalue weighted by Crippen LogP contribution is 2.31. The van der Waals surface area contributed by atoms with Crippen LogP contribution < -0.4 is 4.74 Å². The smallest absolute Gasteiger partial charge is 0.213 e. The Balaban J connectivity index is 0.00000274. The monoisotopic (exact) mass is 478 g/mol. The van der Waals surface area contributed by atoms with Gasteiger partial charge in [-0.25, -0.2) is 0 Å². The molecule has 0 unspecified atom stereocenters. The van der Waals surface area contributed by atoms with Crippen molar-refractivity contribution >= 4 is 40.0 Å². The van der Waals surface area contributed by atoms with Gasteiger partial charge in [0.25, 0.3) is 0 Å². The molecule has 0 spiro atoms. The van der Waals surface area contributed by atoms with Crippen LogP contribution in [0.4, 0.5) is 0 Å². The predicted molar refractivity (Wildman–Crippen MR) is 141 cm³/mol. The summed E-state index contributed by atoms with van der Waals surface area (Å²) in [5.74, 6) is 1.09. The molecule has 5 rings (SSSR count). The molecule has 1 aromatic heterocycles. The lowest BCUT2D eigenvalue weighted by molar-refractivity contribution is 0.183. The number of halogens is 1. The van der Waals surface area contributed by atoms with Gasteiger partial charge >= 0.3 is 0 Å². The SMILES string of the molecule is CCOC(=N)c1ccc2[nH]nc(-c3ccc4cc(OCCN5CCCCC5)ccc4c3)c2c1.Cl. The van der Waals surface area contributed by atoms with E-state index in [2.05, 4.69) is 45.4 Å². The molecular formula is C27H31ClN4O2. The third-order valence-electron chi connectivity index (χ3n) is 6.32. The molecule has 1 saturated heterocycles. The number of piperidine rings is 1. The molecule has 0 aliphatic carbocycles. The minimum absolute atomic E-state index is 0. The van der Waals surface area contributed by atoms with Gasteiger partial charge < -0.3 is 9.47 Å². The molecule has 0 atom stereocenters. The van der Waals surface area contributed by atoms with E-state index < -0.39 is 0 Å².